The Morgan fingerprint density at radius 3 is 2.94 bits per heavy atom. The van der Waals surface area contributed by atoms with Crippen molar-refractivity contribution in [1.82, 2.24) is 0 Å². The summed E-state index contributed by atoms with van der Waals surface area (Å²) < 4.78 is 5.56. The summed E-state index contributed by atoms with van der Waals surface area (Å²) in [5.74, 6) is -0.666. The summed E-state index contributed by atoms with van der Waals surface area (Å²) in [4.78, 5) is 11.3. The third-order valence-corrected chi connectivity index (χ3v) is 2.72. The fourth-order valence-corrected chi connectivity index (χ4v) is 1.83. The summed E-state index contributed by atoms with van der Waals surface area (Å²) in [6.07, 6.45) is 1.27. The minimum atomic E-state index is -0.666. The molecule has 1 aromatic rings. The van der Waals surface area contributed by atoms with E-state index in [4.69, 9.17) is 21.6 Å². The first-order valence-electron chi connectivity index (χ1n) is 5.07. The lowest BCUT2D eigenvalue weighted by Crippen LogP contribution is -2.07. The largest absolute Gasteiger partial charge is 0.462 e. The molecule has 0 aliphatic heterocycles. The molecular formula is C12H10BrClN2O2. The van der Waals surface area contributed by atoms with Crippen LogP contribution in [0.1, 0.15) is 6.92 Å². The highest BCUT2D eigenvalue weighted by atomic mass is 79.9. The predicted molar refractivity (Wildman–Crippen MR) is 73.1 cm³/mol. The number of halogens is 2. The van der Waals surface area contributed by atoms with Gasteiger partial charge in [0.05, 0.1) is 17.3 Å². The highest BCUT2D eigenvalue weighted by Gasteiger charge is 2.09. The molecule has 1 aromatic carbocycles. The summed E-state index contributed by atoms with van der Waals surface area (Å²) in [5.41, 5.74) is 0.479. The molecule has 0 aromatic heterocycles. The van der Waals surface area contributed by atoms with E-state index in [0.29, 0.717) is 10.7 Å². The molecule has 1 N–H and O–H groups in total. The van der Waals surface area contributed by atoms with Gasteiger partial charge in [-0.2, -0.15) is 5.26 Å². The van der Waals surface area contributed by atoms with E-state index < -0.39 is 5.97 Å². The summed E-state index contributed by atoms with van der Waals surface area (Å²) in [7, 11) is 0. The van der Waals surface area contributed by atoms with Gasteiger partial charge in [0, 0.05) is 10.7 Å². The van der Waals surface area contributed by atoms with Crippen molar-refractivity contribution in [2.45, 2.75) is 6.92 Å². The van der Waals surface area contributed by atoms with E-state index in [1.165, 1.54) is 6.20 Å². The number of carbonyl (C=O) groups is 1. The number of anilines is 1. The summed E-state index contributed by atoms with van der Waals surface area (Å²) >= 11 is 9.26. The number of rotatable bonds is 4. The minimum Gasteiger partial charge on any atom is -0.462 e. The predicted octanol–water partition coefficient (Wildman–Crippen LogP) is 3.48. The van der Waals surface area contributed by atoms with Crippen LogP contribution in [0.25, 0.3) is 0 Å². The van der Waals surface area contributed by atoms with Gasteiger partial charge in [0.25, 0.3) is 0 Å². The molecule has 0 aliphatic rings. The van der Waals surface area contributed by atoms with Crippen molar-refractivity contribution < 1.29 is 9.53 Å². The van der Waals surface area contributed by atoms with Crippen molar-refractivity contribution in [3.8, 4) is 6.07 Å². The molecule has 6 heteroatoms. The molecule has 0 amide bonds. The minimum absolute atomic E-state index is 0.115. The number of nitrogens with one attached hydrogen (secondary N) is 1. The van der Waals surface area contributed by atoms with Crippen LogP contribution in [0.3, 0.4) is 0 Å². The van der Waals surface area contributed by atoms with Gasteiger partial charge in [-0.25, -0.2) is 4.79 Å². The van der Waals surface area contributed by atoms with Gasteiger partial charge in [-0.1, -0.05) is 27.5 Å². The normalized spacial score (nSPS) is 10.7. The lowest BCUT2D eigenvalue weighted by Gasteiger charge is -2.05. The van der Waals surface area contributed by atoms with Gasteiger partial charge < -0.3 is 10.1 Å². The topological polar surface area (TPSA) is 62.1 Å². The Labute approximate surface area is 118 Å². The van der Waals surface area contributed by atoms with Gasteiger partial charge in [-0.3, -0.25) is 0 Å². The molecule has 0 aliphatic carbocycles. The Bertz CT molecular complexity index is 523. The maximum absolute atomic E-state index is 11.3. The van der Waals surface area contributed by atoms with Crippen LogP contribution in [0.2, 0.25) is 5.02 Å². The van der Waals surface area contributed by atoms with Gasteiger partial charge >= 0.3 is 5.97 Å². The third-order valence-electron chi connectivity index (χ3n) is 1.92. The van der Waals surface area contributed by atoms with E-state index >= 15 is 0 Å². The number of hydrogen-bond acceptors (Lipinski definition) is 4. The number of carbonyl (C=O) groups excluding carboxylic acids is 1. The van der Waals surface area contributed by atoms with E-state index in [1.54, 1.807) is 31.2 Å². The van der Waals surface area contributed by atoms with Crippen LogP contribution in [0, 0.1) is 11.3 Å². The van der Waals surface area contributed by atoms with Crippen molar-refractivity contribution in [3.63, 3.8) is 0 Å². The third kappa shape index (κ3) is 4.06. The van der Waals surface area contributed by atoms with Crippen LogP contribution in [0.5, 0.6) is 0 Å². The van der Waals surface area contributed by atoms with Crippen molar-refractivity contribution in [1.29, 1.82) is 5.26 Å². The molecule has 0 saturated carbocycles. The van der Waals surface area contributed by atoms with Crippen molar-refractivity contribution in [3.05, 3.63) is 39.5 Å². The highest BCUT2D eigenvalue weighted by Crippen LogP contribution is 2.25. The van der Waals surface area contributed by atoms with Crippen LogP contribution in [-0.4, -0.2) is 12.6 Å². The summed E-state index contributed by atoms with van der Waals surface area (Å²) in [6.45, 7) is 1.89. The first-order valence-corrected chi connectivity index (χ1v) is 6.24. The van der Waals surface area contributed by atoms with Gasteiger partial charge in [0.1, 0.15) is 6.07 Å². The average Bonchev–Trinajstić information content (AvgIpc) is 2.32. The second kappa shape index (κ2) is 7.04. The number of esters is 1. The van der Waals surface area contributed by atoms with E-state index in [1.807, 2.05) is 0 Å². The zero-order chi connectivity index (χ0) is 13.5. The molecule has 18 heavy (non-hydrogen) atoms. The molecule has 0 saturated heterocycles. The fraction of sp³-hybridized carbons (Fsp3) is 0.167. The number of nitriles is 1. The van der Waals surface area contributed by atoms with Crippen molar-refractivity contribution >= 4 is 39.2 Å². The average molecular weight is 330 g/mol. The van der Waals surface area contributed by atoms with E-state index in [-0.39, 0.29) is 12.2 Å². The molecular weight excluding hydrogens is 320 g/mol. The molecule has 0 bridgehead atoms. The van der Waals surface area contributed by atoms with Gasteiger partial charge in [-0.05, 0) is 25.1 Å². The maximum atomic E-state index is 11.3. The Morgan fingerprint density at radius 1 is 1.67 bits per heavy atom. The molecule has 0 spiro atoms. The lowest BCUT2D eigenvalue weighted by atomic mass is 10.3. The fourth-order valence-electron chi connectivity index (χ4n) is 1.10. The van der Waals surface area contributed by atoms with E-state index in [9.17, 15) is 4.79 Å². The van der Waals surface area contributed by atoms with E-state index in [2.05, 4.69) is 21.2 Å². The molecule has 1 rings (SSSR count). The summed E-state index contributed by atoms with van der Waals surface area (Å²) in [6, 6.07) is 6.98. The standard InChI is InChI=1S/C12H10BrClN2O2/c1-2-18-12(17)8(6-15)7-16-11-4-3-9(13)5-10(11)14/h3-5,7,16H,2H2,1H3/b8-7+. The highest BCUT2D eigenvalue weighted by molar-refractivity contribution is 9.10. The van der Waals surface area contributed by atoms with Crippen LogP contribution < -0.4 is 5.32 Å². The van der Waals surface area contributed by atoms with Crippen molar-refractivity contribution in [2.24, 2.45) is 0 Å². The molecule has 4 nitrogen and oxygen atoms in total. The quantitative estimate of drug-likeness (QED) is 0.522. The van der Waals surface area contributed by atoms with Crippen molar-refractivity contribution in [2.75, 3.05) is 11.9 Å². The number of benzene rings is 1. The Kier molecular flexibility index (Phi) is 5.69. The first-order chi connectivity index (χ1) is 8.58. The maximum Gasteiger partial charge on any atom is 0.350 e. The zero-order valence-corrected chi connectivity index (χ0v) is 11.9. The molecule has 94 valence electrons. The number of ether oxygens (including phenoxy) is 1. The Morgan fingerprint density at radius 2 is 2.39 bits per heavy atom. The summed E-state index contributed by atoms with van der Waals surface area (Å²) in [5, 5.41) is 12.1. The molecule has 0 unspecified atom stereocenters. The monoisotopic (exact) mass is 328 g/mol. The smallest absolute Gasteiger partial charge is 0.350 e. The number of nitrogens with zero attached hydrogens (tertiary/aromatic N) is 1. The van der Waals surface area contributed by atoms with Gasteiger partial charge in [-0.15, -0.1) is 0 Å². The van der Waals surface area contributed by atoms with Gasteiger partial charge in [0.15, 0.2) is 5.57 Å². The first kappa shape index (κ1) is 14.6. The second-order valence-corrected chi connectivity index (χ2v) is 4.48. The van der Waals surface area contributed by atoms with Crippen LogP contribution in [0.4, 0.5) is 5.69 Å². The number of hydrogen-bond donors (Lipinski definition) is 1. The van der Waals surface area contributed by atoms with E-state index in [0.717, 1.165) is 4.47 Å². The molecule has 0 atom stereocenters. The van der Waals surface area contributed by atoms with Crippen LogP contribution in [-0.2, 0) is 9.53 Å². The second-order valence-electron chi connectivity index (χ2n) is 3.16. The van der Waals surface area contributed by atoms with Gasteiger partial charge in [0.2, 0.25) is 0 Å². The molecule has 0 heterocycles. The zero-order valence-electron chi connectivity index (χ0n) is 9.54. The Balaban J connectivity index is 2.84. The SMILES string of the molecule is CCOC(=O)/C(C#N)=C/Nc1ccc(Br)cc1Cl. The van der Waals surface area contributed by atoms with Crippen LogP contribution >= 0.6 is 27.5 Å². The molecule has 0 fully saturated rings. The lowest BCUT2D eigenvalue weighted by molar-refractivity contribution is -0.138. The Hall–Kier alpha value is -1.51. The van der Waals surface area contributed by atoms with Crippen LogP contribution in [0.15, 0.2) is 34.4 Å². The molecule has 0 radical (unpaired) electrons.